The maximum atomic E-state index is 8.36. The fourth-order valence-electron chi connectivity index (χ4n) is 1.02. The van der Waals surface area contributed by atoms with Crippen molar-refractivity contribution in [1.29, 1.82) is 0 Å². The Kier molecular flexibility index (Phi) is 14.2. The normalized spacial score (nSPS) is 8.12. The first-order valence-electron chi connectivity index (χ1n) is 5.04. The van der Waals surface area contributed by atoms with Crippen LogP contribution >= 0.6 is 0 Å². The maximum Gasteiger partial charge on any atom is 0.290 e. The van der Waals surface area contributed by atoms with E-state index >= 15 is 0 Å². The molecule has 0 saturated carbocycles. The molecule has 0 bridgehead atoms. The molecule has 0 aliphatic rings. The number of benzene rings is 1. The standard InChI is InChI=1S/C11H16N.CH2O2.Y/c1-3-4-9-12-11-7-5-10(2)6-8-11;2-1-3;/h5,7-8,12H,3-4,9H2,1-2H3;1H,(H,2,3);/q-1;;. The quantitative estimate of drug-likeness (QED) is 0.510. The van der Waals surface area contributed by atoms with Crippen LogP contribution in [-0.2, 0) is 37.5 Å². The Morgan fingerprint density at radius 1 is 1.50 bits per heavy atom. The van der Waals surface area contributed by atoms with Crippen LogP contribution in [0.25, 0.3) is 0 Å². The third kappa shape index (κ3) is 10.1. The fraction of sp³-hybridized carbons (Fsp3) is 0.417. The van der Waals surface area contributed by atoms with Crippen LogP contribution in [0.5, 0.6) is 0 Å². The first-order chi connectivity index (χ1) is 7.24. The third-order valence-electron chi connectivity index (χ3n) is 1.83. The van der Waals surface area contributed by atoms with Crippen LogP contribution in [0.4, 0.5) is 5.69 Å². The zero-order chi connectivity index (χ0) is 11.5. The summed E-state index contributed by atoms with van der Waals surface area (Å²) in [5, 5.41) is 10.2. The van der Waals surface area contributed by atoms with Gasteiger partial charge in [0.1, 0.15) is 0 Å². The van der Waals surface area contributed by atoms with E-state index in [1.165, 1.54) is 24.1 Å². The molecule has 1 rings (SSSR count). The molecule has 1 aromatic carbocycles. The molecule has 1 radical (unpaired) electrons. The molecule has 2 N–H and O–H groups in total. The van der Waals surface area contributed by atoms with Crippen LogP contribution in [0.3, 0.4) is 0 Å². The van der Waals surface area contributed by atoms with Gasteiger partial charge >= 0.3 is 0 Å². The van der Waals surface area contributed by atoms with Gasteiger partial charge < -0.3 is 10.4 Å². The van der Waals surface area contributed by atoms with E-state index in [1.807, 2.05) is 6.07 Å². The predicted molar refractivity (Wildman–Crippen MR) is 62.1 cm³/mol. The largest absolute Gasteiger partial charge is 0.483 e. The molecule has 0 fully saturated rings. The van der Waals surface area contributed by atoms with Crippen LogP contribution in [-0.4, -0.2) is 18.1 Å². The summed E-state index contributed by atoms with van der Waals surface area (Å²) < 4.78 is 0. The molecule has 16 heavy (non-hydrogen) atoms. The molecule has 0 atom stereocenters. The zero-order valence-electron chi connectivity index (χ0n) is 9.86. The van der Waals surface area contributed by atoms with Gasteiger partial charge in [0.15, 0.2) is 0 Å². The number of nitrogens with one attached hydrogen (secondary N) is 1. The second-order valence-corrected chi connectivity index (χ2v) is 3.15. The van der Waals surface area contributed by atoms with Crippen LogP contribution in [0.1, 0.15) is 25.3 Å². The SMILES string of the molecule is CCCCNc1c[c-]c(C)cc1.O=CO.[Y]. The molecule has 4 heteroatoms. The number of hydrogen-bond acceptors (Lipinski definition) is 2. The topological polar surface area (TPSA) is 49.3 Å². The average molecular weight is 297 g/mol. The van der Waals surface area contributed by atoms with Crippen molar-refractivity contribution < 1.29 is 42.6 Å². The van der Waals surface area contributed by atoms with Crippen molar-refractivity contribution in [3.63, 3.8) is 0 Å². The van der Waals surface area contributed by atoms with Crippen molar-refractivity contribution >= 4 is 12.2 Å². The summed E-state index contributed by atoms with van der Waals surface area (Å²) in [7, 11) is 0. The summed E-state index contributed by atoms with van der Waals surface area (Å²) in [6.07, 6.45) is 2.47. The third-order valence-corrected chi connectivity index (χ3v) is 1.83. The molecule has 0 spiro atoms. The smallest absolute Gasteiger partial charge is 0.290 e. The Balaban J connectivity index is 0. The van der Waals surface area contributed by atoms with Crippen molar-refractivity contribution in [2.75, 3.05) is 11.9 Å². The minimum absolute atomic E-state index is 0. The fourth-order valence-corrected chi connectivity index (χ4v) is 1.02. The van der Waals surface area contributed by atoms with Gasteiger partial charge in [0.25, 0.3) is 6.47 Å². The molecule has 1 aromatic rings. The summed E-state index contributed by atoms with van der Waals surface area (Å²) in [5.74, 6) is 0. The Morgan fingerprint density at radius 2 is 2.12 bits per heavy atom. The van der Waals surface area contributed by atoms with E-state index in [2.05, 4.69) is 37.4 Å². The van der Waals surface area contributed by atoms with E-state index in [9.17, 15) is 0 Å². The van der Waals surface area contributed by atoms with E-state index in [-0.39, 0.29) is 39.2 Å². The van der Waals surface area contributed by atoms with Crippen molar-refractivity contribution in [1.82, 2.24) is 0 Å². The Morgan fingerprint density at radius 3 is 2.56 bits per heavy atom. The van der Waals surface area contributed by atoms with Crippen LogP contribution in [0.15, 0.2) is 18.2 Å². The Hall–Kier alpha value is -0.406. The average Bonchev–Trinajstić information content (AvgIpc) is 2.23. The summed E-state index contributed by atoms with van der Waals surface area (Å²) in [5.41, 5.74) is 2.37. The number of rotatable bonds is 4. The minimum atomic E-state index is -0.250. The monoisotopic (exact) mass is 297 g/mol. The van der Waals surface area contributed by atoms with Gasteiger partial charge in [0.2, 0.25) is 0 Å². The van der Waals surface area contributed by atoms with E-state index < -0.39 is 0 Å². The Bertz CT molecular complexity index is 262. The van der Waals surface area contributed by atoms with Crippen molar-refractivity contribution in [2.24, 2.45) is 0 Å². The predicted octanol–water partition coefficient (Wildman–Crippen LogP) is 2.71. The van der Waals surface area contributed by atoms with Gasteiger partial charge in [-0.1, -0.05) is 26.0 Å². The van der Waals surface area contributed by atoms with Crippen molar-refractivity contribution in [3.8, 4) is 0 Å². The molecule has 87 valence electrons. The second-order valence-electron chi connectivity index (χ2n) is 3.15. The first-order valence-corrected chi connectivity index (χ1v) is 5.04. The molecule has 3 nitrogen and oxygen atoms in total. The molecular weight excluding hydrogens is 279 g/mol. The summed E-state index contributed by atoms with van der Waals surface area (Å²) >= 11 is 0. The molecule has 0 saturated heterocycles. The zero-order valence-corrected chi connectivity index (χ0v) is 12.7. The van der Waals surface area contributed by atoms with Gasteiger partial charge in [0, 0.05) is 39.3 Å². The number of anilines is 1. The number of carbonyl (C=O) groups is 1. The van der Waals surface area contributed by atoms with E-state index in [0.717, 1.165) is 6.54 Å². The van der Waals surface area contributed by atoms with Crippen molar-refractivity contribution in [2.45, 2.75) is 26.7 Å². The molecule has 0 aliphatic carbocycles. The molecule has 0 heterocycles. The van der Waals surface area contributed by atoms with Gasteiger partial charge in [-0.3, -0.25) is 4.79 Å². The van der Waals surface area contributed by atoms with E-state index in [1.54, 1.807) is 0 Å². The van der Waals surface area contributed by atoms with Gasteiger partial charge in [-0.25, -0.2) is 0 Å². The van der Waals surface area contributed by atoms with Gasteiger partial charge in [-0.2, -0.15) is 23.8 Å². The summed E-state index contributed by atoms with van der Waals surface area (Å²) in [4.78, 5) is 8.36. The van der Waals surface area contributed by atoms with Gasteiger partial charge in [-0.05, 0) is 6.42 Å². The van der Waals surface area contributed by atoms with Gasteiger partial charge in [0.05, 0.1) is 0 Å². The number of unbranched alkanes of at least 4 members (excludes halogenated alkanes) is 1. The van der Waals surface area contributed by atoms with E-state index in [4.69, 9.17) is 9.90 Å². The van der Waals surface area contributed by atoms with E-state index in [0.29, 0.717) is 0 Å². The molecule has 0 aromatic heterocycles. The van der Waals surface area contributed by atoms with Crippen LogP contribution < -0.4 is 5.32 Å². The maximum absolute atomic E-state index is 8.36. The second kappa shape index (κ2) is 12.7. The number of carboxylic acid groups (broad SMARTS) is 1. The summed E-state index contributed by atoms with van der Waals surface area (Å²) in [6, 6.07) is 9.35. The molecular formula is C12H18NO2Y-. The van der Waals surface area contributed by atoms with Crippen LogP contribution in [0.2, 0.25) is 0 Å². The van der Waals surface area contributed by atoms with Crippen LogP contribution in [0, 0.1) is 13.0 Å². The number of aryl methyl sites for hydroxylation is 1. The Labute approximate surface area is 123 Å². The summed E-state index contributed by atoms with van der Waals surface area (Å²) in [6.45, 7) is 5.06. The van der Waals surface area contributed by atoms with Crippen molar-refractivity contribution in [3.05, 3.63) is 29.8 Å². The first kappa shape index (κ1) is 18.0. The molecule has 0 amide bonds. The number of hydrogen-bond donors (Lipinski definition) is 2. The molecule has 0 unspecified atom stereocenters. The van der Waals surface area contributed by atoms with Gasteiger partial charge in [-0.15, -0.1) is 6.07 Å². The molecule has 0 aliphatic heterocycles. The minimum Gasteiger partial charge on any atom is -0.483 e.